The Hall–Kier alpha value is -1.40. The van der Waals surface area contributed by atoms with Crippen LogP contribution in [0.2, 0.25) is 0 Å². The molecule has 4 N–H and O–H groups in total. The van der Waals surface area contributed by atoms with Crippen molar-refractivity contribution in [1.29, 1.82) is 0 Å². The van der Waals surface area contributed by atoms with Gasteiger partial charge in [-0.3, -0.25) is 0 Å². The molecule has 0 saturated heterocycles. The molecule has 6 heteroatoms. The van der Waals surface area contributed by atoms with Crippen LogP contribution < -0.4 is 10.6 Å². The Morgan fingerprint density at radius 2 is 2.22 bits per heavy atom. The molecule has 0 heterocycles. The Morgan fingerprint density at radius 1 is 1.50 bits per heavy atom. The van der Waals surface area contributed by atoms with E-state index in [-0.39, 0.29) is 12.4 Å². The van der Waals surface area contributed by atoms with E-state index in [0.29, 0.717) is 12.1 Å². The van der Waals surface area contributed by atoms with Crippen molar-refractivity contribution in [2.24, 2.45) is 10.9 Å². The zero-order valence-electron chi connectivity index (χ0n) is 10.6. The molecule has 0 aliphatic carbocycles. The fourth-order valence-electron chi connectivity index (χ4n) is 1.69. The third kappa shape index (κ3) is 3.30. The maximum absolute atomic E-state index is 9.00. The largest absolute Gasteiger partial charge is 0.409 e. The maximum atomic E-state index is 9.00. The molecule has 5 nitrogen and oxygen atoms in total. The van der Waals surface area contributed by atoms with Gasteiger partial charge < -0.3 is 20.9 Å². The number of hydrogen-bond acceptors (Lipinski definition) is 5. The van der Waals surface area contributed by atoms with Crippen LogP contribution in [0.1, 0.15) is 12.5 Å². The summed E-state index contributed by atoms with van der Waals surface area (Å²) in [6.45, 7) is 2.59. The second-order valence-corrected chi connectivity index (χ2v) is 5.02. The zero-order valence-corrected chi connectivity index (χ0v) is 11.4. The van der Waals surface area contributed by atoms with Gasteiger partial charge in [-0.05, 0) is 17.9 Å². The molecule has 18 heavy (non-hydrogen) atoms. The standard InChI is InChI=1S/C12H19N3O2S/c1-3-18-10-6-4-5-9(15(2)7-8-16)11(10)12(13)14-17/h4-6,16-17H,3,7-8H2,1-2H3,(H2,13,14). The molecular weight excluding hydrogens is 250 g/mol. The highest BCUT2D eigenvalue weighted by Gasteiger charge is 2.15. The van der Waals surface area contributed by atoms with Crippen LogP contribution in [0.25, 0.3) is 0 Å². The lowest BCUT2D eigenvalue weighted by Gasteiger charge is -2.22. The van der Waals surface area contributed by atoms with E-state index >= 15 is 0 Å². The van der Waals surface area contributed by atoms with Gasteiger partial charge in [0.05, 0.1) is 12.2 Å². The summed E-state index contributed by atoms with van der Waals surface area (Å²) in [7, 11) is 1.86. The zero-order chi connectivity index (χ0) is 13.5. The van der Waals surface area contributed by atoms with E-state index in [2.05, 4.69) is 5.16 Å². The number of nitrogens with two attached hydrogens (primary N) is 1. The van der Waals surface area contributed by atoms with Gasteiger partial charge in [0.25, 0.3) is 0 Å². The molecule has 0 aromatic heterocycles. The number of amidine groups is 1. The van der Waals surface area contributed by atoms with Crippen LogP contribution in [0.3, 0.4) is 0 Å². The Balaban J connectivity index is 3.27. The molecular formula is C12H19N3O2S. The van der Waals surface area contributed by atoms with E-state index in [4.69, 9.17) is 16.0 Å². The van der Waals surface area contributed by atoms with Crippen molar-refractivity contribution in [2.75, 3.05) is 30.9 Å². The second-order valence-electron chi connectivity index (χ2n) is 3.71. The van der Waals surface area contributed by atoms with E-state index in [1.807, 2.05) is 37.1 Å². The molecule has 0 radical (unpaired) electrons. The Morgan fingerprint density at radius 3 is 2.78 bits per heavy atom. The van der Waals surface area contributed by atoms with Gasteiger partial charge in [-0.25, -0.2) is 0 Å². The molecule has 0 bridgehead atoms. The summed E-state index contributed by atoms with van der Waals surface area (Å²) in [6, 6.07) is 5.76. The Labute approximate surface area is 111 Å². The molecule has 0 amide bonds. The first-order valence-corrected chi connectivity index (χ1v) is 6.70. The molecule has 0 saturated carbocycles. The number of thioether (sulfide) groups is 1. The van der Waals surface area contributed by atoms with Crippen LogP contribution in [-0.4, -0.2) is 42.1 Å². The average Bonchev–Trinajstić information content (AvgIpc) is 2.38. The Kier molecular flexibility index (Phi) is 5.80. The molecule has 0 unspecified atom stereocenters. The number of aliphatic hydroxyl groups excluding tert-OH is 1. The van der Waals surface area contributed by atoms with Crippen molar-refractivity contribution in [3.8, 4) is 0 Å². The quantitative estimate of drug-likeness (QED) is 0.238. The SMILES string of the molecule is CCSc1cccc(N(C)CCO)c1/C(N)=N/O. The number of aliphatic hydroxyl groups is 1. The number of oxime groups is 1. The van der Waals surface area contributed by atoms with Gasteiger partial charge >= 0.3 is 0 Å². The minimum absolute atomic E-state index is 0.0528. The summed E-state index contributed by atoms with van der Waals surface area (Å²) < 4.78 is 0. The van der Waals surface area contributed by atoms with Crippen LogP contribution in [-0.2, 0) is 0 Å². The molecule has 1 aromatic carbocycles. The van der Waals surface area contributed by atoms with Gasteiger partial charge in [-0.2, -0.15) is 0 Å². The highest BCUT2D eigenvalue weighted by molar-refractivity contribution is 7.99. The summed E-state index contributed by atoms with van der Waals surface area (Å²) in [6.07, 6.45) is 0. The van der Waals surface area contributed by atoms with Crippen LogP contribution >= 0.6 is 11.8 Å². The topological polar surface area (TPSA) is 82.1 Å². The highest BCUT2D eigenvalue weighted by Crippen LogP contribution is 2.30. The average molecular weight is 269 g/mol. The van der Waals surface area contributed by atoms with Crippen molar-refractivity contribution in [3.63, 3.8) is 0 Å². The monoisotopic (exact) mass is 269 g/mol. The summed E-state index contributed by atoms with van der Waals surface area (Å²) in [4.78, 5) is 2.85. The number of benzene rings is 1. The molecule has 0 spiro atoms. The fourth-order valence-corrected chi connectivity index (χ4v) is 2.53. The molecule has 0 atom stereocenters. The fraction of sp³-hybridized carbons (Fsp3) is 0.417. The van der Waals surface area contributed by atoms with Crippen LogP contribution in [0.5, 0.6) is 0 Å². The summed E-state index contributed by atoms with van der Waals surface area (Å²) in [5.74, 6) is 0.991. The van der Waals surface area contributed by atoms with E-state index in [1.54, 1.807) is 11.8 Å². The van der Waals surface area contributed by atoms with Gasteiger partial charge in [0, 0.05) is 24.2 Å². The van der Waals surface area contributed by atoms with E-state index < -0.39 is 0 Å². The predicted molar refractivity (Wildman–Crippen MR) is 75.7 cm³/mol. The molecule has 1 rings (SSSR count). The first-order chi connectivity index (χ1) is 8.65. The number of rotatable bonds is 6. The van der Waals surface area contributed by atoms with Crippen molar-refractivity contribution >= 4 is 23.3 Å². The predicted octanol–water partition coefficient (Wildman–Crippen LogP) is 1.32. The van der Waals surface area contributed by atoms with Gasteiger partial charge in [0.1, 0.15) is 0 Å². The van der Waals surface area contributed by atoms with Crippen LogP contribution in [0.4, 0.5) is 5.69 Å². The highest BCUT2D eigenvalue weighted by atomic mass is 32.2. The third-order valence-electron chi connectivity index (χ3n) is 2.51. The van der Waals surface area contributed by atoms with E-state index in [0.717, 1.165) is 16.3 Å². The number of hydrogen-bond donors (Lipinski definition) is 3. The van der Waals surface area contributed by atoms with Crippen molar-refractivity contribution in [2.45, 2.75) is 11.8 Å². The summed E-state index contributed by atoms with van der Waals surface area (Å²) in [5.41, 5.74) is 7.31. The molecule has 0 aliphatic heterocycles. The lowest BCUT2D eigenvalue weighted by molar-refractivity contribution is 0.304. The summed E-state index contributed by atoms with van der Waals surface area (Å²) in [5, 5.41) is 21.0. The van der Waals surface area contributed by atoms with Gasteiger partial charge in [0.15, 0.2) is 5.84 Å². The Bertz CT molecular complexity index is 424. The summed E-state index contributed by atoms with van der Waals surface area (Å²) >= 11 is 1.63. The first-order valence-electron chi connectivity index (χ1n) is 5.71. The third-order valence-corrected chi connectivity index (χ3v) is 3.45. The van der Waals surface area contributed by atoms with Crippen molar-refractivity contribution in [1.82, 2.24) is 0 Å². The smallest absolute Gasteiger partial charge is 0.173 e. The van der Waals surface area contributed by atoms with E-state index in [9.17, 15) is 0 Å². The van der Waals surface area contributed by atoms with E-state index in [1.165, 1.54) is 0 Å². The van der Waals surface area contributed by atoms with Crippen LogP contribution in [0, 0.1) is 0 Å². The molecule has 0 aliphatic rings. The van der Waals surface area contributed by atoms with Gasteiger partial charge in [-0.1, -0.05) is 18.1 Å². The number of anilines is 1. The lowest BCUT2D eigenvalue weighted by atomic mass is 10.1. The minimum Gasteiger partial charge on any atom is -0.409 e. The normalized spacial score (nSPS) is 11.6. The number of nitrogens with zero attached hydrogens (tertiary/aromatic N) is 2. The first kappa shape index (κ1) is 14.7. The molecule has 0 fully saturated rings. The lowest BCUT2D eigenvalue weighted by Crippen LogP contribution is -2.26. The van der Waals surface area contributed by atoms with Crippen LogP contribution in [0.15, 0.2) is 28.3 Å². The van der Waals surface area contributed by atoms with Gasteiger partial charge in [-0.15, -0.1) is 11.8 Å². The molecule has 1 aromatic rings. The van der Waals surface area contributed by atoms with Gasteiger partial charge in [0.2, 0.25) is 0 Å². The minimum atomic E-state index is 0.0528. The maximum Gasteiger partial charge on any atom is 0.173 e. The van der Waals surface area contributed by atoms with Crippen molar-refractivity contribution < 1.29 is 10.3 Å². The number of likely N-dealkylation sites (N-methyl/N-ethyl adjacent to an activating group) is 1. The van der Waals surface area contributed by atoms with Crippen molar-refractivity contribution in [3.05, 3.63) is 23.8 Å². The molecule has 100 valence electrons. The second kappa shape index (κ2) is 7.13.